The predicted octanol–water partition coefficient (Wildman–Crippen LogP) is 6.62. The van der Waals surface area contributed by atoms with Crippen molar-refractivity contribution in [2.75, 3.05) is 26.2 Å². The second-order valence-electron chi connectivity index (χ2n) is 9.82. The summed E-state index contributed by atoms with van der Waals surface area (Å²) in [5, 5.41) is 0. The fraction of sp³-hybridized carbons (Fsp3) is 0.625. The van der Waals surface area contributed by atoms with Gasteiger partial charge >= 0.3 is 0 Å². The Balaban J connectivity index is 0. The van der Waals surface area contributed by atoms with Gasteiger partial charge in [0.15, 0.2) is 0 Å². The zero-order chi connectivity index (χ0) is 30.8. The molecule has 0 aromatic carbocycles. The molecule has 228 valence electrons. The maximum absolute atomic E-state index is 11.2. The van der Waals surface area contributed by atoms with Crippen LogP contribution in [0.25, 0.3) is 0 Å². The van der Waals surface area contributed by atoms with Crippen molar-refractivity contribution in [1.82, 2.24) is 19.6 Å². The molecular weight excluding hydrogens is 504 g/mol. The van der Waals surface area contributed by atoms with Gasteiger partial charge in [0.1, 0.15) is 0 Å². The van der Waals surface area contributed by atoms with E-state index in [9.17, 15) is 19.2 Å². The first-order chi connectivity index (χ1) is 19.0. The van der Waals surface area contributed by atoms with Gasteiger partial charge in [-0.15, -0.1) is 0 Å². The van der Waals surface area contributed by atoms with Gasteiger partial charge in [-0.05, 0) is 50.5 Å². The maximum atomic E-state index is 11.2. The van der Waals surface area contributed by atoms with E-state index in [-0.39, 0.29) is 23.6 Å². The minimum absolute atomic E-state index is 0.0272. The molecule has 0 aliphatic heterocycles. The zero-order valence-electron chi connectivity index (χ0n) is 25.9. The lowest BCUT2D eigenvalue weighted by atomic mass is 10.1. The van der Waals surface area contributed by atoms with Crippen molar-refractivity contribution >= 4 is 23.6 Å². The molecule has 4 amide bonds. The van der Waals surface area contributed by atoms with Crippen LogP contribution in [0.4, 0.5) is 0 Å². The van der Waals surface area contributed by atoms with Gasteiger partial charge in [0.25, 0.3) is 0 Å². The highest BCUT2D eigenvalue weighted by Crippen LogP contribution is 2.10. The summed E-state index contributed by atoms with van der Waals surface area (Å²) in [6.07, 6.45) is 19.7. The van der Waals surface area contributed by atoms with Crippen molar-refractivity contribution in [1.29, 1.82) is 0 Å². The molecule has 0 rings (SSSR count). The van der Waals surface area contributed by atoms with Crippen molar-refractivity contribution in [3.05, 3.63) is 51.1 Å². The molecule has 8 heteroatoms. The highest BCUT2D eigenvalue weighted by atomic mass is 16.2. The standard InChI is InChI=1S/C18H32N2O2.C14H24N2O2/c1-5-19(17(3)21)15-13-11-9-7-8-10-12-14-16-20(6-2)18(4)22;1-5-15(13(3)17)11-9-7-8-10-12-16(6-2)14(4)18/h5-6H,1-2,7-16H2,3-4H3;5-6H,1-2,7-12H2,3-4H3. The topological polar surface area (TPSA) is 81.2 Å². The van der Waals surface area contributed by atoms with Gasteiger partial charge in [0.05, 0.1) is 0 Å². The van der Waals surface area contributed by atoms with Crippen LogP contribution in [-0.2, 0) is 19.2 Å². The first-order valence-corrected chi connectivity index (χ1v) is 14.6. The summed E-state index contributed by atoms with van der Waals surface area (Å²) in [6, 6.07) is 0. The smallest absolute Gasteiger partial charge is 0.223 e. The van der Waals surface area contributed by atoms with Crippen LogP contribution in [0.1, 0.15) is 105 Å². The lowest BCUT2D eigenvalue weighted by molar-refractivity contribution is -0.127. The number of hydrogen-bond donors (Lipinski definition) is 0. The molecule has 0 fully saturated rings. The summed E-state index contributed by atoms with van der Waals surface area (Å²) in [5.41, 5.74) is 0. The lowest BCUT2D eigenvalue weighted by Gasteiger charge is -2.16. The number of rotatable bonds is 22. The minimum Gasteiger partial charge on any atom is -0.320 e. The first-order valence-electron chi connectivity index (χ1n) is 14.6. The van der Waals surface area contributed by atoms with Crippen LogP contribution in [0.5, 0.6) is 0 Å². The van der Waals surface area contributed by atoms with E-state index in [1.54, 1.807) is 58.2 Å². The Labute approximate surface area is 244 Å². The molecule has 0 N–H and O–H groups in total. The van der Waals surface area contributed by atoms with Crippen LogP contribution in [0.15, 0.2) is 51.1 Å². The highest BCUT2D eigenvalue weighted by Gasteiger charge is 2.06. The average Bonchev–Trinajstić information content (AvgIpc) is 2.90. The Morgan fingerprint density at radius 2 is 0.525 bits per heavy atom. The molecule has 0 unspecified atom stereocenters. The van der Waals surface area contributed by atoms with E-state index in [0.717, 1.165) is 77.5 Å². The van der Waals surface area contributed by atoms with Gasteiger partial charge in [0, 0.05) is 53.9 Å². The predicted molar refractivity (Wildman–Crippen MR) is 166 cm³/mol. The highest BCUT2D eigenvalue weighted by molar-refractivity contribution is 5.75. The molecule has 0 heterocycles. The molecule has 0 atom stereocenters. The SMILES string of the molecule is C=CN(CCCCCCCCCCN(C=C)C(C)=O)C(C)=O.C=CN(CCCCCCN(C=C)C(C)=O)C(C)=O. The van der Waals surface area contributed by atoms with Crippen LogP contribution in [-0.4, -0.2) is 69.4 Å². The van der Waals surface area contributed by atoms with E-state index in [1.807, 2.05) is 0 Å². The summed E-state index contributed by atoms with van der Waals surface area (Å²) in [7, 11) is 0. The van der Waals surface area contributed by atoms with Gasteiger partial charge in [-0.1, -0.05) is 77.7 Å². The van der Waals surface area contributed by atoms with Crippen LogP contribution in [0.3, 0.4) is 0 Å². The quantitative estimate of drug-likeness (QED) is 0.139. The zero-order valence-corrected chi connectivity index (χ0v) is 25.9. The van der Waals surface area contributed by atoms with Crippen molar-refractivity contribution in [3.63, 3.8) is 0 Å². The lowest BCUT2D eigenvalue weighted by Crippen LogP contribution is -2.24. The number of unbranched alkanes of at least 4 members (excludes halogenated alkanes) is 10. The molecule has 0 aliphatic rings. The van der Waals surface area contributed by atoms with Crippen molar-refractivity contribution < 1.29 is 19.2 Å². The summed E-state index contributed by atoms with van der Waals surface area (Å²) in [4.78, 5) is 51.1. The Morgan fingerprint density at radius 3 is 0.650 bits per heavy atom. The second-order valence-corrected chi connectivity index (χ2v) is 9.82. The summed E-state index contributed by atoms with van der Waals surface area (Å²) < 4.78 is 0. The second kappa shape index (κ2) is 26.1. The van der Waals surface area contributed by atoms with Crippen molar-refractivity contribution in [3.8, 4) is 0 Å². The van der Waals surface area contributed by atoms with Crippen LogP contribution >= 0.6 is 0 Å². The molecule has 40 heavy (non-hydrogen) atoms. The van der Waals surface area contributed by atoms with E-state index < -0.39 is 0 Å². The van der Waals surface area contributed by atoms with E-state index in [2.05, 4.69) is 26.3 Å². The van der Waals surface area contributed by atoms with Gasteiger partial charge in [0.2, 0.25) is 23.6 Å². The van der Waals surface area contributed by atoms with Crippen LogP contribution in [0.2, 0.25) is 0 Å². The molecule has 0 radical (unpaired) electrons. The van der Waals surface area contributed by atoms with Crippen molar-refractivity contribution in [2.24, 2.45) is 0 Å². The van der Waals surface area contributed by atoms with Gasteiger partial charge in [-0.25, -0.2) is 0 Å². The number of hydrogen-bond acceptors (Lipinski definition) is 4. The monoisotopic (exact) mass is 560 g/mol. The van der Waals surface area contributed by atoms with E-state index in [1.165, 1.54) is 39.5 Å². The third kappa shape index (κ3) is 21.7. The molecule has 0 saturated heterocycles. The summed E-state index contributed by atoms with van der Waals surface area (Å²) >= 11 is 0. The molecule has 0 bridgehead atoms. The van der Waals surface area contributed by atoms with E-state index >= 15 is 0 Å². The van der Waals surface area contributed by atoms with Crippen molar-refractivity contribution in [2.45, 2.75) is 105 Å². The summed E-state index contributed by atoms with van der Waals surface area (Å²) in [5.74, 6) is 0.182. The van der Waals surface area contributed by atoms with Gasteiger partial charge < -0.3 is 19.6 Å². The van der Waals surface area contributed by atoms with Crippen LogP contribution < -0.4 is 0 Å². The normalized spacial score (nSPS) is 9.90. The number of carbonyl (C=O) groups is 4. The first kappa shape index (κ1) is 39.0. The maximum Gasteiger partial charge on any atom is 0.223 e. The Kier molecular flexibility index (Phi) is 25.4. The molecule has 0 aromatic heterocycles. The molecule has 0 spiro atoms. The van der Waals surface area contributed by atoms with Crippen LogP contribution in [0, 0.1) is 0 Å². The number of carbonyl (C=O) groups excluding carboxylic acids is 4. The molecule has 0 aliphatic carbocycles. The average molecular weight is 561 g/mol. The fourth-order valence-corrected chi connectivity index (χ4v) is 4.05. The molecular formula is C32H56N4O4. The van der Waals surface area contributed by atoms with Gasteiger partial charge in [-0.2, -0.15) is 0 Å². The number of nitrogens with zero attached hydrogens (tertiary/aromatic N) is 4. The van der Waals surface area contributed by atoms with E-state index in [4.69, 9.17) is 0 Å². The molecule has 0 aromatic rings. The Hall–Kier alpha value is -3.16. The Bertz CT molecular complexity index is 717. The fourth-order valence-electron chi connectivity index (χ4n) is 4.05. The minimum atomic E-state index is 0.0272. The molecule has 0 saturated carbocycles. The third-order valence-corrected chi connectivity index (χ3v) is 6.60. The largest absolute Gasteiger partial charge is 0.320 e. The molecule has 8 nitrogen and oxygen atoms in total. The summed E-state index contributed by atoms with van der Waals surface area (Å²) in [6.45, 7) is 23.7. The number of amides is 4. The van der Waals surface area contributed by atoms with Gasteiger partial charge in [-0.3, -0.25) is 19.2 Å². The third-order valence-electron chi connectivity index (χ3n) is 6.60. The Morgan fingerprint density at radius 1 is 0.375 bits per heavy atom. The van der Waals surface area contributed by atoms with E-state index in [0.29, 0.717) is 0 Å².